The average molecular weight is 342 g/mol. The van der Waals surface area contributed by atoms with E-state index in [1.165, 1.54) is 11.1 Å². The Bertz CT molecular complexity index is 634. The smallest absolute Gasteiger partial charge is 0.0594 e. The molecule has 2 heterocycles. The zero-order valence-electron chi connectivity index (χ0n) is 15.6. The number of rotatable bonds is 7. The summed E-state index contributed by atoms with van der Waals surface area (Å²) in [5.41, 5.74) is 2.60. The molecule has 0 unspecified atom stereocenters. The molecule has 25 heavy (non-hydrogen) atoms. The highest BCUT2D eigenvalue weighted by Crippen LogP contribution is 2.22. The van der Waals surface area contributed by atoms with Crippen LogP contribution in [-0.4, -0.2) is 47.5 Å². The van der Waals surface area contributed by atoms with E-state index in [2.05, 4.69) is 72.6 Å². The Morgan fingerprint density at radius 1 is 1.08 bits per heavy atom. The zero-order chi connectivity index (χ0) is 17.6. The third-order valence-electron chi connectivity index (χ3n) is 4.94. The summed E-state index contributed by atoms with van der Waals surface area (Å²) in [6.07, 6.45) is 4.12. The Hall–Kier alpha value is -1.69. The van der Waals surface area contributed by atoms with E-state index in [1.807, 2.05) is 10.9 Å². The largest absolute Gasteiger partial charge is 0.379 e. The van der Waals surface area contributed by atoms with Crippen molar-refractivity contribution in [1.29, 1.82) is 0 Å². The Labute approximate surface area is 151 Å². The topological polar surface area (TPSA) is 42.3 Å². The van der Waals surface area contributed by atoms with Crippen LogP contribution < -0.4 is 5.32 Å². The second kappa shape index (κ2) is 8.61. The van der Waals surface area contributed by atoms with Gasteiger partial charge in [0.15, 0.2) is 0 Å². The van der Waals surface area contributed by atoms with Crippen LogP contribution in [0.4, 0.5) is 0 Å². The summed E-state index contributed by atoms with van der Waals surface area (Å²) in [6.45, 7) is 11.0. The van der Waals surface area contributed by atoms with Crippen molar-refractivity contribution in [3.8, 4) is 0 Å². The number of nitrogens with one attached hydrogen (secondary N) is 1. The van der Waals surface area contributed by atoms with Gasteiger partial charge in [-0.3, -0.25) is 9.58 Å². The summed E-state index contributed by atoms with van der Waals surface area (Å²) >= 11 is 0. The van der Waals surface area contributed by atoms with E-state index in [0.717, 1.165) is 32.8 Å². The van der Waals surface area contributed by atoms with Gasteiger partial charge >= 0.3 is 0 Å². The first kappa shape index (κ1) is 18.1. The molecule has 136 valence electrons. The normalized spacial score (nSPS) is 18.4. The van der Waals surface area contributed by atoms with Crippen LogP contribution in [0.15, 0.2) is 42.7 Å². The quantitative estimate of drug-likeness (QED) is 0.839. The molecule has 1 aliphatic heterocycles. The summed E-state index contributed by atoms with van der Waals surface area (Å²) < 4.78 is 7.55. The van der Waals surface area contributed by atoms with Crippen LogP contribution >= 0.6 is 0 Å². The molecule has 0 radical (unpaired) electrons. The molecule has 2 atom stereocenters. The van der Waals surface area contributed by atoms with Crippen LogP contribution in [0.3, 0.4) is 0 Å². The van der Waals surface area contributed by atoms with Crippen LogP contribution in [0.25, 0.3) is 0 Å². The molecule has 5 nitrogen and oxygen atoms in total. The minimum absolute atomic E-state index is 0.278. The van der Waals surface area contributed by atoms with E-state index < -0.39 is 0 Å². The summed E-state index contributed by atoms with van der Waals surface area (Å²) in [6, 6.07) is 11.8. The van der Waals surface area contributed by atoms with Gasteiger partial charge in [-0.15, -0.1) is 0 Å². The summed E-state index contributed by atoms with van der Waals surface area (Å²) in [7, 11) is 0. The maximum Gasteiger partial charge on any atom is 0.0594 e. The fourth-order valence-corrected chi connectivity index (χ4v) is 3.29. The summed E-state index contributed by atoms with van der Waals surface area (Å²) in [5.74, 6) is 0. The highest BCUT2D eigenvalue weighted by molar-refractivity contribution is 5.20. The molecule has 3 rings (SSSR count). The van der Waals surface area contributed by atoms with E-state index in [0.29, 0.717) is 12.1 Å². The lowest BCUT2D eigenvalue weighted by Gasteiger charge is -2.35. The fourth-order valence-electron chi connectivity index (χ4n) is 3.29. The molecule has 2 aromatic rings. The molecular weight excluding hydrogens is 312 g/mol. The first-order valence-corrected chi connectivity index (χ1v) is 9.29. The Morgan fingerprint density at radius 2 is 1.80 bits per heavy atom. The molecular formula is C20H30N4O. The number of aromatic nitrogens is 2. The second-order valence-corrected chi connectivity index (χ2v) is 7.05. The SMILES string of the molecule is CC(C)n1cc([C@@H](C)NC[C@H](c2ccccc2)N2CCOCC2)cn1. The van der Waals surface area contributed by atoms with Crippen molar-refractivity contribution in [3.05, 3.63) is 53.9 Å². The van der Waals surface area contributed by atoms with E-state index in [1.54, 1.807) is 0 Å². The van der Waals surface area contributed by atoms with Crippen LogP contribution in [0.2, 0.25) is 0 Å². The highest BCUT2D eigenvalue weighted by atomic mass is 16.5. The average Bonchev–Trinajstić information content (AvgIpc) is 3.14. The van der Waals surface area contributed by atoms with Gasteiger partial charge in [-0.25, -0.2) is 0 Å². The first-order chi connectivity index (χ1) is 12.1. The summed E-state index contributed by atoms with van der Waals surface area (Å²) in [4.78, 5) is 2.52. The van der Waals surface area contributed by atoms with Gasteiger partial charge in [0.05, 0.1) is 19.4 Å². The molecule has 1 N–H and O–H groups in total. The van der Waals surface area contributed by atoms with Crippen molar-refractivity contribution in [1.82, 2.24) is 20.0 Å². The third kappa shape index (κ3) is 4.69. The molecule has 0 aliphatic carbocycles. The molecule has 1 fully saturated rings. The molecule has 1 aromatic carbocycles. The van der Waals surface area contributed by atoms with Gasteiger partial charge in [0.2, 0.25) is 0 Å². The van der Waals surface area contributed by atoms with E-state index in [4.69, 9.17) is 4.74 Å². The lowest BCUT2D eigenvalue weighted by molar-refractivity contribution is 0.0157. The Kier molecular flexibility index (Phi) is 6.24. The lowest BCUT2D eigenvalue weighted by atomic mass is 10.0. The Morgan fingerprint density at radius 3 is 2.44 bits per heavy atom. The number of nitrogens with zero attached hydrogens (tertiary/aromatic N) is 3. The molecule has 1 aliphatic rings. The van der Waals surface area contributed by atoms with E-state index >= 15 is 0 Å². The van der Waals surface area contributed by atoms with Crippen molar-refractivity contribution >= 4 is 0 Å². The first-order valence-electron chi connectivity index (χ1n) is 9.29. The zero-order valence-corrected chi connectivity index (χ0v) is 15.6. The maximum atomic E-state index is 5.53. The van der Waals surface area contributed by atoms with Gasteiger partial charge in [-0.05, 0) is 26.3 Å². The number of hydrogen-bond donors (Lipinski definition) is 1. The van der Waals surface area contributed by atoms with E-state index in [-0.39, 0.29) is 6.04 Å². The number of ether oxygens (including phenoxy) is 1. The maximum absolute atomic E-state index is 5.53. The molecule has 5 heteroatoms. The summed E-state index contributed by atoms with van der Waals surface area (Å²) in [5, 5.41) is 8.17. The molecule has 0 bridgehead atoms. The molecule has 0 spiro atoms. The van der Waals surface area contributed by atoms with Gasteiger partial charge in [0.25, 0.3) is 0 Å². The van der Waals surface area contributed by atoms with Gasteiger partial charge in [-0.2, -0.15) is 5.10 Å². The van der Waals surface area contributed by atoms with Gasteiger partial charge < -0.3 is 10.1 Å². The predicted molar refractivity (Wildman–Crippen MR) is 101 cm³/mol. The lowest BCUT2D eigenvalue weighted by Crippen LogP contribution is -2.43. The highest BCUT2D eigenvalue weighted by Gasteiger charge is 2.23. The van der Waals surface area contributed by atoms with Crippen LogP contribution in [0.5, 0.6) is 0 Å². The second-order valence-electron chi connectivity index (χ2n) is 7.05. The van der Waals surface area contributed by atoms with Gasteiger partial charge in [0.1, 0.15) is 0 Å². The van der Waals surface area contributed by atoms with Crippen molar-refractivity contribution in [2.75, 3.05) is 32.8 Å². The number of morpholine rings is 1. The van der Waals surface area contributed by atoms with Crippen molar-refractivity contribution in [2.45, 2.75) is 38.9 Å². The molecule has 0 saturated carbocycles. The number of hydrogen-bond acceptors (Lipinski definition) is 4. The molecule has 1 saturated heterocycles. The predicted octanol–water partition coefficient (Wildman–Crippen LogP) is 3.19. The van der Waals surface area contributed by atoms with Gasteiger partial charge in [-0.1, -0.05) is 30.3 Å². The van der Waals surface area contributed by atoms with Crippen LogP contribution in [-0.2, 0) is 4.74 Å². The van der Waals surface area contributed by atoms with Crippen LogP contribution in [0.1, 0.15) is 50.0 Å². The molecule has 1 aromatic heterocycles. The van der Waals surface area contributed by atoms with E-state index in [9.17, 15) is 0 Å². The third-order valence-corrected chi connectivity index (χ3v) is 4.94. The van der Waals surface area contributed by atoms with Crippen molar-refractivity contribution in [3.63, 3.8) is 0 Å². The molecule has 0 amide bonds. The fraction of sp³-hybridized carbons (Fsp3) is 0.550. The van der Waals surface area contributed by atoms with Crippen molar-refractivity contribution < 1.29 is 4.74 Å². The minimum Gasteiger partial charge on any atom is -0.379 e. The Balaban J connectivity index is 1.67. The van der Waals surface area contributed by atoms with Gasteiger partial charge in [0, 0.05) is 49.5 Å². The number of benzene rings is 1. The minimum atomic E-state index is 0.278. The standard InChI is InChI=1S/C20H30N4O/c1-16(2)24-15-19(13-22-24)17(3)21-14-20(18-7-5-4-6-8-18)23-9-11-25-12-10-23/h4-8,13,15-17,20-21H,9-12,14H2,1-3H3/t17-,20-/m1/s1. The van der Waals surface area contributed by atoms with Crippen LogP contribution in [0, 0.1) is 0 Å². The monoisotopic (exact) mass is 342 g/mol. The van der Waals surface area contributed by atoms with Crippen molar-refractivity contribution in [2.24, 2.45) is 0 Å².